The van der Waals surface area contributed by atoms with Gasteiger partial charge in [0.2, 0.25) is 0 Å². The second-order valence-electron chi connectivity index (χ2n) is 3.47. The van der Waals surface area contributed by atoms with E-state index in [0.717, 1.165) is 0 Å². The van der Waals surface area contributed by atoms with Crippen molar-refractivity contribution in [3.05, 3.63) is 0 Å². The molecule has 0 aromatic rings. The Hall–Kier alpha value is -0.330. The van der Waals surface area contributed by atoms with Crippen molar-refractivity contribution in [2.45, 2.75) is 25.2 Å². The maximum Gasteiger partial charge on any atom is 0.401 e. The van der Waals surface area contributed by atoms with Gasteiger partial charge in [-0.15, -0.1) is 0 Å². The van der Waals surface area contributed by atoms with Crippen molar-refractivity contribution in [1.82, 2.24) is 10.2 Å². The molecule has 6 heteroatoms. The first-order valence-corrected chi connectivity index (χ1v) is 4.63. The molecule has 1 aliphatic rings. The van der Waals surface area contributed by atoms with Crippen LogP contribution in [-0.4, -0.2) is 54.5 Å². The number of nitrogens with zero attached hydrogens (tertiary/aromatic N) is 1. The Bertz CT molecular complexity index is 186. The minimum atomic E-state index is -4.20. The molecule has 0 aromatic carbocycles. The molecule has 2 N–H and O–H groups in total. The van der Waals surface area contributed by atoms with E-state index in [0.29, 0.717) is 19.6 Å². The van der Waals surface area contributed by atoms with Crippen LogP contribution in [0.15, 0.2) is 0 Å². The number of halogens is 3. The Morgan fingerprint density at radius 3 is 2.43 bits per heavy atom. The van der Waals surface area contributed by atoms with Crippen LogP contribution in [0.25, 0.3) is 0 Å². The van der Waals surface area contributed by atoms with E-state index in [1.807, 2.05) is 0 Å². The van der Waals surface area contributed by atoms with Gasteiger partial charge in [0.1, 0.15) is 0 Å². The molecule has 2 atom stereocenters. The van der Waals surface area contributed by atoms with E-state index in [4.69, 9.17) is 0 Å². The molecule has 1 saturated heterocycles. The number of hydrogen-bond donors (Lipinski definition) is 2. The zero-order valence-corrected chi connectivity index (χ0v) is 8.01. The zero-order valence-electron chi connectivity index (χ0n) is 8.01. The van der Waals surface area contributed by atoms with Crippen LogP contribution in [0.1, 0.15) is 6.92 Å². The fraction of sp³-hybridized carbons (Fsp3) is 1.00. The largest absolute Gasteiger partial charge is 0.401 e. The topological polar surface area (TPSA) is 35.5 Å². The molecule has 0 bridgehead atoms. The normalized spacial score (nSPS) is 28.7. The number of alkyl halides is 3. The summed E-state index contributed by atoms with van der Waals surface area (Å²) in [5, 5.41) is 12.3. The van der Waals surface area contributed by atoms with Crippen LogP contribution < -0.4 is 5.32 Å². The van der Waals surface area contributed by atoms with Crippen LogP contribution in [-0.2, 0) is 0 Å². The van der Waals surface area contributed by atoms with Gasteiger partial charge in [-0.2, -0.15) is 13.2 Å². The summed E-state index contributed by atoms with van der Waals surface area (Å²) in [5.41, 5.74) is 0. The van der Waals surface area contributed by atoms with E-state index in [2.05, 4.69) is 5.32 Å². The standard InChI is InChI=1S/C8H15F3N2O/c1-2-13(5-8(9,10)11)6-3-12-4-7(6)14/h6-7,12,14H,2-5H2,1H3. The monoisotopic (exact) mass is 212 g/mol. The molecule has 1 rings (SSSR count). The summed E-state index contributed by atoms with van der Waals surface area (Å²) in [6.07, 6.45) is -4.89. The first kappa shape index (κ1) is 11.7. The molecular formula is C8H15F3N2O. The van der Waals surface area contributed by atoms with E-state index in [9.17, 15) is 18.3 Å². The lowest BCUT2D eigenvalue weighted by atomic mass is 10.2. The van der Waals surface area contributed by atoms with E-state index in [1.165, 1.54) is 4.90 Å². The van der Waals surface area contributed by atoms with Crippen molar-refractivity contribution in [2.24, 2.45) is 0 Å². The highest BCUT2D eigenvalue weighted by molar-refractivity contribution is 4.88. The van der Waals surface area contributed by atoms with Crippen molar-refractivity contribution < 1.29 is 18.3 Å². The highest BCUT2D eigenvalue weighted by Gasteiger charge is 2.37. The minimum Gasteiger partial charge on any atom is -0.390 e. The highest BCUT2D eigenvalue weighted by atomic mass is 19.4. The zero-order chi connectivity index (χ0) is 10.8. The lowest BCUT2D eigenvalue weighted by molar-refractivity contribution is -0.152. The lowest BCUT2D eigenvalue weighted by Gasteiger charge is -2.29. The van der Waals surface area contributed by atoms with Gasteiger partial charge in [-0.25, -0.2) is 0 Å². The highest BCUT2D eigenvalue weighted by Crippen LogP contribution is 2.19. The van der Waals surface area contributed by atoms with Crippen LogP contribution in [0.4, 0.5) is 13.2 Å². The van der Waals surface area contributed by atoms with Crippen molar-refractivity contribution in [2.75, 3.05) is 26.2 Å². The van der Waals surface area contributed by atoms with Crippen molar-refractivity contribution in [3.63, 3.8) is 0 Å². The number of aliphatic hydroxyl groups is 1. The van der Waals surface area contributed by atoms with Gasteiger partial charge < -0.3 is 10.4 Å². The summed E-state index contributed by atoms with van der Waals surface area (Å²) in [4.78, 5) is 1.25. The van der Waals surface area contributed by atoms with Gasteiger partial charge in [-0.05, 0) is 6.54 Å². The van der Waals surface area contributed by atoms with Crippen LogP contribution in [0.5, 0.6) is 0 Å². The van der Waals surface area contributed by atoms with Crippen LogP contribution in [0.3, 0.4) is 0 Å². The summed E-state index contributed by atoms with van der Waals surface area (Å²) in [7, 11) is 0. The van der Waals surface area contributed by atoms with E-state index < -0.39 is 24.9 Å². The van der Waals surface area contributed by atoms with E-state index in [1.54, 1.807) is 6.92 Å². The Labute approximate surface area is 80.9 Å². The summed E-state index contributed by atoms with van der Waals surface area (Å²) in [6.45, 7) is 1.80. The average Bonchev–Trinajstić information content (AvgIpc) is 2.45. The molecule has 14 heavy (non-hydrogen) atoms. The minimum absolute atomic E-state index is 0.295. The SMILES string of the molecule is CCN(CC(F)(F)F)C1CNCC1O. The van der Waals surface area contributed by atoms with E-state index >= 15 is 0 Å². The van der Waals surface area contributed by atoms with Gasteiger partial charge in [-0.3, -0.25) is 4.90 Å². The van der Waals surface area contributed by atoms with E-state index in [-0.39, 0.29) is 0 Å². The molecule has 0 radical (unpaired) electrons. The van der Waals surface area contributed by atoms with Gasteiger partial charge in [0.05, 0.1) is 12.6 Å². The van der Waals surface area contributed by atoms with Crippen molar-refractivity contribution in [1.29, 1.82) is 0 Å². The second-order valence-corrected chi connectivity index (χ2v) is 3.47. The molecule has 0 aromatic heterocycles. The third-order valence-electron chi connectivity index (χ3n) is 2.41. The molecule has 1 aliphatic heterocycles. The van der Waals surface area contributed by atoms with Crippen LogP contribution in [0, 0.1) is 0 Å². The van der Waals surface area contributed by atoms with Gasteiger partial charge in [-0.1, -0.05) is 6.92 Å². The second kappa shape index (κ2) is 4.46. The van der Waals surface area contributed by atoms with Crippen LogP contribution >= 0.6 is 0 Å². The number of aliphatic hydroxyl groups excluding tert-OH is 1. The molecule has 0 amide bonds. The number of β-amino-alcohol motifs (C(OH)–C–C–N with tert-alkyl or cyclic N) is 1. The van der Waals surface area contributed by atoms with Crippen molar-refractivity contribution >= 4 is 0 Å². The first-order valence-electron chi connectivity index (χ1n) is 4.63. The van der Waals surface area contributed by atoms with Gasteiger partial charge in [0, 0.05) is 19.1 Å². The number of nitrogens with one attached hydrogen (secondary N) is 1. The Morgan fingerprint density at radius 1 is 1.43 bits per heavy atom. The molecule has 2 unspecified atom stereocenters. The fourth-order valence-electron chi connectivity index (χ4n) is 1.72. The predicted octanol–water partition coefficient (Wildman–Crippen LogP) is 0.203. The number of rotatable bonds is 3. The number of hydrogen-bond acceptors (Lipinski definition) is 3. The summed E-state index contributed by atoms with van der Waals surface area (Å²) < 4.78 is 36.4. The fourth-order valence-corrected chi connectivity index (χ4v) is 1.72. The summed E-state index contributed by atoms with van der Waals surface area (Å²) in [5.74, 6) is 0. The van der Waals surface area contributed by atoms with Gasteiger partial charge in [0.25, 0.3) is 0 Å². The summed E-state index contributed by atoms with van der Waals surface area (Å²) >= 11 is 0. The average molecular weight is 212 g/mol. The predicted molar refractivity (Wildman–Crippen MR) is 46.0 cm³/mol. The molecular weight excluding hydrogens is 197 g/mol. The third-order valence-corrected chi connectivity index (χ3v) is 2.41. The molecule has 0 spiro atoms. The number of likely N-dealkylation sites (N-methyl/N-ethyl adjacent to an activating group) is 1. The smallest absolute Gasteiger partial charge is 0.390 e. The Morgan fingerprint density at radius 2 is 2.07 bits per heavy atom. The maximum atomic E-state index is 12.1. The molecule has 84 valence electrons. The molecule has 3 nitrogen and oxygen atoms in total. The Kier molecular flexibility index (Phi) is 3.74. The Balaban J connectivity index is 2.53. The molecule has 1 fully saturated rings. The molecule has 0 saturated carbocycles. The first-order chi connectivity index (χ1) is 6.44. The maximum absolute atomic E-state index is 12.1. The quantitative estimate of drug-likeness (QED) is 0.701. The molecule has 1 heterocycles. The third kappa shape index (κ3) is 3.11. The lowest BCUT2D eigenvalue weighted by Crippen LogP contribution is -2.47. The van der Waals surface area contributed by atoms with Gasteiger partial charge in [0.15, 0.2) is 0 Å². The van der Waals surface area contributed by atoms with Crippen molar-refractivity contribution in [3.8, 4) is 0 Å². The van der Waals surface area contributed by atoms with Gasteiger partial charge >= 0.3 is 6.18 Å². The molecule has 0 aliphatic carbocycles. The summed E-state index contributed by atoms with van der Waals surface area (Å²) in [6, 6.07) is -0.415. The van der Waals surface area contributed by atoms with Crippen LogP contribution in [0.2, 0.25) is 0 Å².